The molecule has 0 bridgehead atoms. The fourth-order valence-electron chi connectivity index (χ4n) is 2.04. The minimum atomic E-state index is -3.62. The van der Waals surface area contributed by atoms with Gasteiger partial charge in [0.2, 0.25) is 10.0 Å². The molecule has 0 fully saturated rings. The van der Waals surface area contributed by atoms with E-state index >= 15 is 0 Å². The molecule has 0 atom stereocenters. The van der Waals surface area contributed by atoms with Crippen molar-refractivity contribution in [2.75, 3.05) is 7.11 Å². The zero-order valence-corrected chi connectivity index (χ0v) is 14.0. The summed E-state index contributed by atoms with van der Waals surface area (Å²) in [7, 11) is -2.13. The van der Waals surface area contributed by atoms with Crippen LogP contribution in [-0.2, 0) is 16.6 Å². The molecule has 0 saturated heterocycles. The van der Waals surface area contributed by atoms with Crippen molar-refractivity contribution in [3.05, 3.63) is 59.7 Å². The molecule has 23 heavy (non-hydrogen) atoms. The summed E-state index contributed by atoms with van der Waals surface area (Å²) in [6.45, 7) is 0.0882. The van der Waals surface area contributed by atoms with Crippen LogP contribution < -0.4 is 9.46 Å². The molecule has 0 amide bonds. The van der Waals surface area contributed by atoms with Crippen LogP contribution in [0, 0.1) is 0 Å². The molecule has 1 N–H and O–H groups in total. The third-order valence-corrected chi connectivity index (χ3v) is 5.50. The number of hydrogen-bond donors (Lipinski definition) is 1. The maximum Gasteiger partial charge on any atom is 0.241 e. The third kappa shape index (κ3) is 3.64. The number of furan rings is 1. The Morgan fingerprint density at radius 2 is 2.04 bits per heavy atom. The molecular formula is C16H15NO4S2. The van der Waals surface area contributed by atoms with E-state index in [4.69, 9.17) is 9.15 Å². The van der Waals surface area contributed by atoms with Gasteiger partial charge in [0.1, 0.15) is 17.3 Å². The van der Waals surface area contributed by atoms with Crippen LogP contribution >= 0.6 is 11.3 Å². The lowest BCUT2D eigenvalue weighted by Crippen LogP contribution is -2.23. The van der Waals surface area contributed by atoms with E-state index in [9.17, 15) is 8.42 Å². The van der Waals surface area contributed by atoms with Gasteiger partial charge in [0.15, 0.2) is 0 Å². The van der Waals surface area contributed by atoms with E-state index < -0.39 is 10.0 Å². The zero-order valence-electron chi connectivity index (χ0n) is 12.4. The standard InChI is InChI=1S/C16H15NO4S2/c1-20-12-4-2-5-14(10-12)23(18,19)17-11-13-7-8-15(21-13)16-6-3-9-22-16/h2-10,17H,11H2,1H3. The summed E-state index contributed by atoms with van der Waals surface area (Å²) >= 11 is 1.57. The maximum atomic E-state index is 12.3. The van der Waals surface area contributed by atoms with Gasteiger partial charge in [0.25, 0.3) is 0 Å². The highest BCUT2D eigenvalue weighted by molar-refractivity contribution is 7.89. The van der Waals surface area contributed by atoms with Gasteiger partial charge in [0.05, 0.1) is 23.4 Å². The van der Waals surface area contributed by atoms with Crippen LogP contribution in [-0.4, -0.2) is 15.5 Å². The Balaban J connectivity index is 1.72. The van der Waals surface area contributed by atoms with Gasteiger partial charge in [-0.1, -0.05) is 12.1 Å². The largest absolute Gasteiger partial charge is 0.497 e. The Morgan fingerprint density at radius 1 is 1.17 bits per heavy atom. The predicted octanol–water partition coefficient (Wildman–Crippen LogP) is 3.50. The van der Waals surface area contributed by atoms with Crippen molar-refractivity contribution in [1.29, 1.82) is 0 Å². The smallest absolute Gasteiger partial charge is 0.241 e. The van der Waals surface area contributed by atoms with Crippen molar-refractivity contribution in [3.8, 4) is 16.4 Å². The molecule has 3 rings (SSSR count). The average molecular weight is 349 g/mol. The van der Waals surface area contributed by atoms with Crippen LogP contribution in [0.4, 0.5) is 0 Å². The molecule has 3 aromatic rings. The number of rotatable bonds is 6. The van der Waals surface area contributed by atoms with Crippen molar-refractivity contribution in [2.24, 2.45) is 0 Å². The summed E-state index contributed by atoms with van der Waals surface area (Å²) < 4.78 is 37.8. The van der Waals surface area contributed by atoms with Crippen LogP contribution in [0.1, 0.15) is 5.76 Å². The Hall–Kier alpha value is -2.09. The fourth-order valence-corrected chi connectivity index (χ4v) is 3.76. The first kappa shape index (κ1) is 15.8. The summed E-state index contributed by atoms with van der Waals surface area (Å²) in [4.78, 5) is 1.16. The molecule has 1 aromatic carbocycles. The molecule has 0 saturated carbocycles. The van der Waals surface area contributed by atoms with E-state index in [1.54, 1.807) is 29.5 Å². The van der Waals surface area contributed by atoms with Gasteiger partial charge < -0.3 is 9.15 Å². The first-order valence-electron chi connectivity index (χ1n) is 6.85. The Labute approximate surface area is 138 Å². The molecule has 0 unspecified atom stereocenters. The first-order chi connectivity index (χ1) is 11.1. The molecule has 0 aliphatic heterocycles. The van der Waals surface area contributed by atoms with E-state index in [1.807, 2.05) is 23.6 Å². The molecule has 2 aromatic heterocycles. The SMILES string of the molecule is COc1cccc(S(=O)(=O)NCc2ccc(-c3cccs3)o2)c1. The van der Waals surface area contributed by atoms with Gasteiger partial charge in [-0.3, -0.25) is 0 Å². The summed E-state index contributed by atoms with van der Waals surface area (Å²) in [6.07, 6.45) is 0. The zero-order chi connectivity index (χ0) is 16.3. The maximum absolute atomic E-state index is 12.3. The molecule has 7 heteroatoms. The van der Waals surface area contributed by atoms with Crippen LogP contribution in [0.15, 0.2) is 63.2 Å². The number of ether oxygens (including phenoxy) is 1. The molecule has 0 radical (unpaired) electrons. The molecule has 0 aliphatic rings. The highest BCUT2D eigenvalue weighted by Gasteiger charge is 2.15. The van der Waals surface area contributed by atoms with Crippen LogP contribution in [0.3, 0.4) is 0 Å². The lowest BCUT2D eigenvalue weighted by atomic mass is 10.3. The monoisotopic (exact) mass is 349 g/mol. The van der Waals surface area contributed by atoms with Gasteiger partial charge in [0, 0.05) is 6.07 Å². The van der Waals surface area contributed by atoms with E-state index in [0.717, 1.165) is 10.6 Å². The second-order valence-corrected chi connectivity index (χ2v) is 7.46. The molecular weight excluding hydrogens is 334 g/mol. The molecule has 0 spiro atoms. The molecule has 0 aliphatic carbocycles. The summed E-state index contributed by atoms with van der Waals surface area (Å²) in [5.41, 5.74) is 0. The van der Waals surface area contributed by atoms with E-state index in [0.29, 0.717) is 11.5 Å². The molecule has 120 valence electrons. The van der Waals surface area contributed by atoms with E-state index in [-0.39, 0.29) is 11.4 Å². The van der Waals surface area contributed by atoms with Crippen molar-refractivity contribution in [1.82, 2.24) is 4.72 Å². The fraction of sp³-hybridized carbons (Fsp3) is 0.125. The second-order valence-electron chi connectivity index (χ2n) is 4.75. The minimum absolute atomic E-state index is 0.0882. The second kappa shape index (κ2) is 6.57. The lowest BCUT2D eigenvalue weighted by Gasteiger charge is -2.07. The molecule has 2 heterocycles. The summed E-state index contributed by atoms with van der Waals surface area (Å²) in [6, 6.07) is 13.8. The van der Waals surface area contributed by atoms with Crippen LogP contribution in [0.25, 0.3) is 10.6 Å². The molecule has 5 nitrogen and oxygen atoms in total. The summed E-state index contributed by atoms with van der Waals surface area (Å²) in [5.74, 6) is 1.78. The van der Waals surface area contributed by atoms with Gasteiger partial charge >= 0.3 is 0 Å². The predicted molar refractivity (Wildman–Crippen MR) is 89.0 cm³/mol. The minimum Gasteiger partial charge on any atom is -0.497 e. The Bertz CT molecular complexity index is 882. The van der Waals surface area contributed by atoms with Crippen LogP contribution in [0.5, 0.6) is 5.75 Å². The van der Waals surface area contributed by atoms with Gasteiger partial charge in [-0.15, -0.1) is 11.3 Å². The number of methoxy groups -OCH3 is 1. The summed E-state index contributed by atoms with van der Waals surface area (Å²) in [5, 5.41) is 1.96. The van der Waals surface area contributed by atoms with Crippen LogP contribution in [0.2, 0.25) is 0 Å². The van der Waals surface area contributed by atoms with Gasteiger partial charge in [-0.2, -0.15) is 0 Å². The Kier molecular flexibility index (Phi) is 4.51. The average Bonchev–Trinajstić information content (AvgIpc) is 3.24. The third-order valence-electron chi connectivity index (χ3n) is 3.21. The topological polar surface area (TPSA) is 68.5 Å². The van der Waals surface area contributed by atoms with Crippen molar-refractivity contribution in [3.63, 3.8) is 0 Å². The number of thiophene rings is 1. The van der Waals surface area contributed by atoms with Gasteiger partial charge in [-0.05, 0) is 35.7 Å². The Morgan fingerprint density at radius 3 is 2.78 bits per heavy atom. The number of sulfonamides is 1. The first-order valence-corrected chi connectivity index (χ1v) is 9.21. The van der Waals surface area contributed by atoms with Gasteiger partial charge in [-0.25, -0.2) is 13.1 Å². The number of hydrogen-bond acceptors (Lipinski definition) is 5. The lowest BCUT2D eigenvalue weighted by molar-refractivity contribution is 0.413. The number of nitrogens with one attached hydrogen (secondary N) is 1. The normalized spacial score (nSPS) is 11.5. The quantitative estimate of drug-likeness (QED) is 0.739. The van der Waals surface area contributed by atoms with Crippen molar-refractivity contribution >= 4 is 21.4 Å². The van der Waals surface area contributed by atoms with E-state index in [2.05, 4.69) is 4.72 Å². The van der Waals surface area contributed by atoms with Crippen molar-refractivity contribution < 1.29 is 17.6 Å². The van der Waals surface area contributed by atoms with E-state index in [1.165, 1.54) is 19.2 Å². The van der Waals surface area contributed by atoms with Crippen molar-refractivity contribution in [2.45, 2.75) is 11.4 Å². The highest BCUT2D eigenvalue weighted by Crippen LogP contribution is 2.26. The highest BCUT2D eigenvalue weighted by atomic mass is 32.2. The number of benzene rings is 1.